The molecule has 43 heavy (non-hydrogen) atoms. The molecule has 0 N–H and O–H groups in total. The Balaban J connectivity index is 1.52. The molecule has 0 unspecified atom stereocenters. The van der Waals surface area contributed by atoms with Crippen LogP contribution in [0.25, 0.3) is 44.2 Å². The van der Waals surface area contributed by atoms with Crippen molar-refractivity contribution in [2.75, 3.05) is 0 Å². The molecule has 3 heteroatoms. The van der Waals surface area contributed by atoms with E-state index in [4.69, 9.17) is 4.42 Å². The molecule has 6 aromatic carbocycles. The van der Waals surface area contributed by atoms with E-state index in [1.807, 2.05) is 11.3 Å². The zero-order valence-corrected chi connectivity index (χ0v) is 25.1. The molecular weight excluding hydrogens is 559 g/mol. The summed E-state index contributed by atoms with van der Waals surface area (Å²) in [4.78, 5) is 0. The minimum atomic E-state index is -2.34. The lowest BCUT2D eigenvalue weighted by Gasteiger charge is -2.25. The fourth-order valence-electron chi connectivity index (χ4n) is 6.38. The van der Waals surface area contributed by atoms with E-state index in [1.54, 1.807) is 0 Å². The van der Waals surface area contributed by atoms with E-state index in [0.717, 1.165) is 22.6 Å². The number of fused-ring (bicyclic) bond motifs is 3. The molecule has 2 heterocycles. The highest BCUT2D eigenvalue weighted by molar-refractivity contribution is 8.04. The summed E-state index contributed by atoms with van der Waals surface area (Å²) >= 11 is 1.84. The molecule has 0 saturated heterocycles. The molecule has 1 nitrogen and oxygen atoms in total. The Bertz CT molecular complexity index is 2130. The van der Waals surface area contributed by atoms with Crippen LogP contribution >= 0.6 is 18.6 Å². The lowest BCUT2D eigenvalue weighted by atomic mass is 9.96. The highest BCUT2D eigenvalue weighted by Gasteiger charge is 2.52. The van der Waals surface area contributed by atoms with Crippen LogP contribution in [-0.2, 0) is 0 Å². The van der Waals surface area contributed by atoms with Crippen molar-refractivity contribution in [1.82, 2.24) is 0 Å². The van der Waals surface area contributed by atoms with E-state index in [2.05, 4.69) is 169 Å². The molecule has 2 aromatic heterocycles. The lowest BCUT2D eigenvalue weighted by molar-refractivity contribution is 0.599. The average Bonchev–Trinajstić information content (AvgIpc) is 3.79. The van der Waals surface area contributed by atoms with Gasteiger partial charge in [-0.3, -0.25) is 0 Å². The molecule has 0 bridgehead atoms. The molecule has 204 valence electrons. The van der Waals surface area contributed by atoms with Crippen molar-refractivity contribution < 1.29 is 4.42 Å². The first-order valence-corrected chi connectivity index (χ1v) is 17.2. The van der Waals surface area contributed by atoms with Crippen LogP contribution in [0.2, 0.25) is 0 Å². The van der Waals surface area contributed by atoms with Gasteiger partial charge in [-0.25, -0.2) is 0 Å². The summed E-state index contributed by atoms with van der Waals surface area (Å²) in [5.41, 5.74) is 2.20. The molecule has 0 aliphatic carbocycles. The van der Waals surface area contributed by atoms with Crippen LogP contribution in [-0.4, -0.2) is 0 Å². The van der Waals surface area contributed by atoms with E-state index < -0.39 is 7.26 Å². The smallest absolute Gasteiger partial charge is 0.178 e. The maximum Gasteiger partial charge on any atom is 0.178 e. The Hall–Kier alpha value is -4.75. The van der Waals surface area contributed by atoms with Crippen molar-refractivity contribution in [3.05, 3.63) is 169 Å². The third kappa shape index (κ3) is 4.26. The Morgan fingerprint density at radius 1 is 0.488 bits per heavy atom. The molecule has 8 rings (SSSR count). The maximum atomic E-state index is 7.12. The van der Waals surface area contributed by atoms with Gasteiger partial charge in [0, 0.05) is 17.2 Å². The number of thiophene rings is 1. The number of hydrogen-bond acceptors (Lipinski definition) is 2. The van der Waals surface area contributed by atoms with Gasteiger partial charge in [-0.05, 0) is 69.4 Å². The molecule has 0 aliphatic heterocycles. The Labute approximate surface area is 256 Å². The normalized spacial score (nSPS) is 11.7. The van der Waals surface area contributed by atoms with Crippen LogP contribution in [0.15, 0.2) is 174 Å². The van der Waals surface area contributed by atoms with Crippen molar-refractivity contribution >= 4 is 60.7 Å². The molecule has 8 aromatic rings. The van der Waals surface area contributed by atoms with E-state index in [9.17, 15) is 0 Å². The van der Waals surface area contributed by atoms with Crippen molar-refractivity contribution in [2.45, 2.75) is 0 Å². The van der Waals surface area contributed by atoms with Gasteiger partial charge in [0.1, 0.15) is 16.4 Å². The topological polar surface area (TPSA) is 13.1 Å². The van der Waals surface area contributed by atoms with Crippen molar-refractivity contribution in [3.8, 4) is 22.6 Å². The van der Waals surface area contributed by atoms with Crippen LogP contribution in [0.1, 0.15) is 0 Å². The molecule has 0 atom stereocenters. The molecule has 0 saturated carbocycles. The Kier molecular flexibility index (Phi) is 6.52. The summed E-state index contributed by atoms with van der Waals surface area (Å²) in [5.74, 6) is 1.82. The van der Waals surface area contributed by atoms with Crippen LogP contribution in [0.5, 0.6) is 0 Å². The molecule has 0 aliphatic rings. The van der Waals surface area contributed by atoms with Gasteiger partial charge in [0.05, 0.1) is 0 Å². The fourth-order valence-corrected chi connectivity index (χ4v) is 12.5. The number of benzene rings is 6. The molecular formula is C40H28OPS+. The largest absolute Gasteiger partial charge is 0.452 e. The Morgan fingerprint density at radius 3 is 1.72 bits per heavy atom. The third-order valence-electron chi connectivity index (χ3n) is 8.27. The van der Waals surface area contributed by atoms with Gasteiger partial charge in [-0.2, -0.15) is 0 Å². The SMILES string of the molecule is c1ccc(-c2oc(-c3cc4ccccc4c4ccccc34)cc2[P+](c2ccccc2)(c2ccccc2)c2cccs2)cc1. The minimum Gasteiger partial charge on any atom is -0.452 e. The van der Waals surface area contributed by atoms with E-state index in [-0.39, 0.29) is 0 Å². The zero-order chi connectivity index (χ0) is 28.6. The Morgan fingerprint density at radius 2 is 1.07 bits per heavy atom. The lowest BCUT2D eigenvalue weighted by Crippen LogP contribution is -2.37. The number of furan rings is 1. The summed E-state index contributed by atoms with van der Waals surface area (Å²) in [7, 11) is -2.34. The predicted molar refractivity (Wildman–Crippen MR) is 187 cm³/mol. The van der Waals surface area contributed by atoms with Gasteiger partial charge >= 0.3 is 0 Å². The van der Waals surface area contributed by atoms with Gasteiger partial charge in [-0.1, -0.05) is 115 Å². The quantitative estimate of drug-likeness (QED) is 0.139. The van der Waals surface area contributed by atoms with Crippen molar-refractivity contribution in [3.63, 3.8) is 0 Å². The van der Waals surface area contributed by atoms with Gasteiger partial charge in [0.2, 0.25) is 0 Å². The second kappa shape index (κ2) is 10.8. The third-order valence-corrected chi connectivity index (χ3v) is 14.1. The van der Waals surface area contributed by atoms with Gasteiger partial charge in [0.25, 0.3) is 0 Å². The van der Waals surface area contributed by atoms with Crippen molar-refractivity contribution in [1.29, 1.82) is 0 Å². The standard InChI is InChI=1S/C40H28OPS/c1-4-15-29(16-5-1)40-38(28-37(41-40)36-27-30-17-10-11-22-33(30)34-23-12-13-24-35(34)36)42(39-25-14-26-43-39,31-18-6-2-7-19-31)32-20-8-3-9-21-32/h1-28H/q+1. The van der Waals surface area contributed by atoms with Crippen LogP contribution in [0, 0.1) is 0 Å². The second-order valence-electron chi connectivity index (χ2n) is 10.7. The zero-order valence-electron chi connectivity index (χ0n) is 23.4. The fraction of sp³-hybridized carbons (Fsp3) is 0. The maximum absolute atomic E-state index is 7.12. The highest BCUT2D eigenvalue weighted by Crippen LogP contribution is 2.58. The van der Waals surface area contributed by atoms with E-state index in [1.165, 1.54) is 42.1 Å². The summed E-state index contributed by atoms with van der Waals surface area (Å²) < 4.78 is 8.48. The molecule has 0 spiro atoms. The first kappa shape index (κ1) is 25.9. The number of hydrogen-bond donors (Lipinski definition) is 0. The molecule has 0 radical (unpaired) electrons. The number of rotatable bonds is 6. The molecule has 0 fully saturated rings. The van der Waals surface area contributed by atoms with E-state index in [0.29, 0.717) is 0 Å². The summed E-state index contributed by atoms with van der Waals surface area (Å²) in [6.07, 6.45) is 0. The predicted octanol–water partition coefficient (Wildman–Crippen LogP) is 9.60. The van der Waals surface area contributed by atoms with Gasteiger partial charge in [-0.15, -0.1) is 11.3 Å². The van der Waals surface area contributed by atoms with Crippen LogP contribution in [0.4, 0.5) is 0 Å². The van der Waals surface area contributed by atoms with Crippen LogP contribution in [0.3, 0.4) is 0 Å². The summed E-state index contributed by atoms with van der Waals surface area (Å²) in [5, 5.41) is 11.0. The molecule has 0 amide bonds. The van der Waals surface area contributed by atoms with Gasteiger partial charge in [0.15, 0.2) is 22.9 Å². The average molecular weight is 588 g/mol. The van der Waals surface area contributed by atoms with E-state index >= 15 is 0 Å². The summed E-state index contributed by atoms with van der Waals surface area (Å²) in [6, 6.07) is 59.2. The highest BCUT2D eigenvalue weighted by atomic mass is 32.1. The minimum absolute atomic E-state index is 0.892. The first-order chi connectivity index (χ1) is 21.3. The van der Waals surface area contributed by atoms with Crippen molar-refractivity contribution in [2.24, 2.45) is 0 Å². The van der Waals surface area contributed by atoms with Crippen LogP contribution < -0.4 is 20.5 Å². The summed E-state index contributed by atoms with van der Waals surface area (Å²) in [6.45, 7) is 0. The first-order valence-electron chi connectivity index (χ1n) is 14.5. The van der Waals surface area contributed by atoms with Gasteiger partial charge < -0.3 is 4.42 Å². The second-order valence-corrected chi connectivity index (χ2v) is 15.3. The monoisotopic (exact) mass is 587 g/mol.